The smallest absolute Gasteiger partial charge is 0.0683 e. The molecule has 2 heteroatoms. The molecular weight excluding hydrogens is 184 g/mol. The topological polar surface area (TPSA) is 27.0 Å². The van der Waals surface area contributed by atoms with Gasteiger partial charge >= 0.3 is 0 Å². The summed E-state index contributed by atoms with van der Waals surface area (Å²) in [5, 5.41) is 8.87. The molecule has 0 bridgehead atoms. The van der Waals surface area contributed by atoms with Crippen LogP contribution in [0.15, 0.2) is 0 Å². The highest BCUT2D eigenvalue weighted by atomic mass is 15.1. The number of rotatable bonds is 7. The number of hydrogen-bond acceptors (Lipinski definition) is 2. The van der Waals surface area contributed by atoms with Crippen LogP contribution in [-0.4, -0.2) is 25.0 Å². The van der Waals surface area contributed by atoms with Crippen molar-refractivity contribution in [1.29, 1.82) is 5.26 Å². The van der Waals surface area contributed by atoms with Crippen molar-refractivity contribution in [2.75, 3.05) is 20.1 Å². The first kappa shape index (κ1) is 12.5. The Hall–Kier alpha value is -0.550. The molecule has 1 fully saturated rings. The average molecular weight is 208 g/mol. The van der Waals surface area contributed by atoms with Crippen LogP contribution in [0.5, 0.6) is 0 Å². The van der Waals surface area contributed by atoms with E-state index in [1.807, 2.05) is 13.8 Å². The third-order valence-corrected chi connectivity index (χ3v) is 3.16. The molecule has 15 heavy (non-hydrogen) atoms. The summed E-state index contributed by atoms with van der Waals surface area (Å²) in [6.45, 7) is 6.53. The quantitative estimate of drug-likeness (QED) is 0.601. The summed E-state index contributed by atoms with van der Waals surface area (Å²) in [6.07, 6.45) is 6.31. The fraction of sp³-hybridized carbons (Fsp3) is 0.923. The Morgan fingerprint density at radius 2 is 2.00 bits per heavy atom. The van der Waals surface area contributed by atoms with Gasteiger partial charge in [-0.25, -0.2) is 0 Å². The van der Waals surface area contributed by atoms with Crippen molar-refractivity contribution in [1.82, 2.24) is 4.90 Å². The van der Waals surface area contributed by atoms with E-state index in [1.165, 1.54) is 38.8 Å². The van der Waals surface area contributed by atoms with Crippen molar-refractivity contribution < 1.29 is 0 Å². The molecule has 0 unspecified atom stereocenters. The van der Waals surface area contributed by atoms with Gasteiger partial charge in [0.15, 0.2) is 0 Å². The van der Waals surface area contributed by atoms with Gasteiger partial charge in [-0.05, 0) is 59.0 Å². The van der Waals surface area contributed by atoms with Gasteiger partial charge in [-0.2, -0.15) is 5.26 Å². The molecule has 0 aromatic rings. The largest absolute Gasteiger partial charge is 0.306 e. The predicted octanol–water partition coefficient (Wildman–Crippen LogP) is 3.05. The standard InChI is InChI=1S/C13H24N2/c1-13(2,11-14)8-4-5-9-15(3)10-12-6-7-12/h12H,4-10H2,1-3H3. The maximum atomic E-state index is 8.87. The van der Waals surface area contributed by atoms with E-state index >= 15 is 0 Å². The van der Waals surface area contributed by atoms with Crippen LogP contribution in [0.2, 0.25) is 0 Å². The first-order chi connectivity index (χ1) is 7.03. The Bertz CT molecular complexity index is 223. The van der Waals surface area contributed by atoms with Crippen LogP contribution in [0.1, 0.15) is 46.0 Å². The summed E-state index contributed by atoms with van der Waals surface area (Å²) < 4.78 is 0. The minimum atomic E-state index is -0.130. The van der Waals surface area contributed by atoms with E-state index in [0.717, 1.165) is 12.3 Å². The van der Waals surface area contributed by atoms with E-state index in [-0.39, 0.29) is 5.41 Å². The molecule has 1 rings (SSSR count). The number of nitrogens with zero attached hydrogens (tertiary/aromatic N) is 2. The van der Waals surface area contributed by atoms with E-state index in [4.69, 9.17) is 5.26 Å². The molecule has 2 nitrogen and oxygen atoms in total. The molecule has 0 amide bonds. The number of nitriles is 1. The van der Waals surface area contributed by atoms with Gasteiger partial charge in [0.25, 0.3) is 0 Å². The van der Waals surface area contributed by atoms with Crippen molar-refractivity contribution >= 4 is 0 Å². The van der Waals surface area contributed by atoms with Crippen LogP contribution in [0.4, 0.5) is 0 Å². The fourth-order valence-corrected chi connectivity index (χ4v) is 1.84. The molecule has 0 heterocycles. The van der Waals surface area contributed by atoms with E-state index in [1.54, 1.807) is 0 Å². The second-order valence-electron chi connectivity index (χ2n) is 5.66. The van der Waals surface area contributed by atoms with Gasteiger partial charge < -0.3 is 4.90 Å². The van der Waals surface area contributed by atoms with Crippen molar-refractivity contribution in [2.45, 2.75) is 46.0 Å². The predicted molar refractivity (Wildman–Crippen MR) is 63.5 cm³/mol. The highest BCUT2D eigenvalue weighted by Crippen LogP contribution is 2.29. The van der Waals surface area contributed by atoms with Crippen molar-refractivity contribution in [2.24, 2.45) is 11.3 Å². The zero-order valence-electron chi connectivity index (χ0n) is 10.4. The lowest BCUT2D eigenvalue weighted by Crippen LogP contribution is -2.22. The Kier molecular flexibility index (Phi) is 4.60. The highest BCUT2D eigenvalue weighted by Gasteiger charge is 2.22. The van der Waals surface area contributed by atoms with Crippen LogP contribution in [0, 0.1) is 22.7 Å². The Labute approximate surface area is 94.3 Å². The number of hydrogen-bond donors (Lipinski definition) is 0. The summed E-state index contributed by atoms with van der Waals surface area (Å²) in [5.74, 6) is 0.991. The zero-order chi connectivity index (χ0) is 11.3. The van der Waals surface area contributed by atoms with Gasteiger partial charge in [0, 0.05) is 6.54 Å². The van der Waals surface area contributed by atoms with Crippen molar-refractivity contribution in [3.63, 3.8) is 0 Å². The monoisotopic (exact) mass is 208 g/mol. The van der Waals surface area contributed by atoms with Gasteiger partial charge in [-0.15, -0.1) is 0 Å². The maximum Gasteiger partial charge on any atom is 0.0683 e. The molecule has 1 saturated carbocycles. The molecular formula is C13H24N2. The molecule has 0 radical (unpaired) electrons. The third-order valence-electron chi connectivity index (χ3n) is 3.16. The van der Waals surface area contributed by atoms with E-state index in [9.17, 15) is 0 Å². The molecule has 0 aliphatic heterocycles. The van der Waals surface area contributed by atoms with Crippen LogP contribution in [-0.2, 0) is 0 Å². The molecule has 1 aliphatic rings. The molecule has 86 valence electrons. The molecule has 0 aromatic carbocycles. The average Bonchev–Trinajstić information content (AvgIpc) is 2.96. The summed E-state index contributed by atoms with van der Waals surface area (Å²) >= 11 is 0. The number of unbranched alkanes of at least 4 members (excludes halogenated alkanes) is 1. The Balaban J connectivity index is 1.98. The second-order valence-corrected chi connectivity index (χ2v) is 5.66. The van der Waals surface area contributed by atoms with Gasteiger partial charge in [0.2, 0.25) is 0 Å². The Morgan fingerprint density at radius 3 is 2.53 bits per heavy atom. The third kappa shape index (κ3) is 5.79. The minimum absolute atomic E-state index is 0.130. The van der Waals surface area contributed by atoms with E-state index < -0.39 is 0 Å². The second kappa shape index (κ2) is 5.51. The molecule has 0 N–H and O–H groups in total. The molecule has 0 atom stereocenters. The summed E-state index contributed by atoms with van der Waals surface area (Å²) in [5.41, 5.74) is -0.130. The minimum Gasteiger partial charge on any atom is -0.306 e. The lowest BCUT2D eigenvalue weighted by atomic mass is 9.89. The molecule has 0 spiro atoms. The van der Waals surface area contributed by atoms with Crippen molar-refractivity contribution in [3.05, 3.63) is 0 Å². The van der Waals surface area contributed by atoms with Crippen LogP contribution >= 0.6 is 0 Å². The lowest BCUT2D eigenvalue weighted by Gasteiger charge is -2.18. The normalized spacial score (nSPS) is 16.7. The van der Waals surface area contributed by atoms with Crippen molar-refractivity contribution in [3.8, 4) is 6.07 Å². The summed E-state index contributed by atoms with van der Waals surface area (Å²) in [7, 11) is 2.22. The first-order valence-electron chi connectivity index (χ1n) is 6.13. The van der Waals surface area contributed by atoms with Gasteiger partial charge in [-0.3, -0.25) is 0 Å². The van der Waals surface area contributed by atoms with E-state index in [0.29, 0.717) is 0 Å². The molecule has 1 aliphatic carbocycles. The first-order valence-corrected chi connectivity index (χ1v) is 6.13. The zero-order valence-corrected chi connectivity index (χ0v) is 10.4. The Morgan fingerprint density at radius 1 is 1.33 bits per heavy atom. The van der Waals surface area contributed by atoms with E-state index in [2.05, 4.69) is 18.0 Å². The van der Waals surface area contributed by atoms with Gasteiger partial charge in [-0.1, -0.05) is 6.42 Å². The summed E-state index contributed by atoms with van der Waals surface area (Å²) in [6, 6.07) is 2.36. The van der Waals surface area contributed by atoms with Gasteiger partial charge in [0.05, 0.1) is 11.5 Å². The summed E-state index contributed by atoms with van der Waals surface area (Å²) in [4.78, 5) is 2.44. The maximum absolute atomic E-state index is 8.87. The fourth-order valence-electron chi connectivity index (χ4n) is 1.84. The lowest BCUT2D eigenvalue weighted by molar-refractivity contribution is 0.303. The highest BCUT2D eigenvalue weighted by molar-refractivity contribution is 4.91. The SMILES string of the molecule is CN(CCCCC(C)(C)C#N)CC1CC1. The van der Waals surface area contributed by atoms with Crippen LogP contribution in [0.3, 0.4) is 0 Å². The van der Waals surface area contributed by atoms with Crippen LogP contribution in [0.25, 0.3) is 0 Å². The molecule has 0 saturated heterocycles. The van der Waals surface area contributed by atoms with Crippen LogP contribution < -0.4 is 0 Å². The molecule has 0 aromatic heterocycles. The van der Waals surface area contributed by atoms with Gasteiger partial charge in [0.1, 0.15) is 0 Å².